The maximum Gasteiger partial charge on any atom is 0.224 e. The summed E-state index contributed by atoms with van der Waals surface area (Å²) in [4.78, 5) is 18.5. The van der Waals surface area contributed by atoms with Crippen LogP contribution in [0.5, 0.6) is 0 Å². The first kappa shape index (κ1) is 19.1. The second kappa shape index (κ2) is 8.36. The summed E-state index contributed by atoms with van der Waals surface area (Å²) in [5, 5.41) is 14.1. The standard InChI is InChI=1S/C21H26N4O2/c1-14-10-15(2)20-18(11-14)21(16(12-22)13-23-20)24-17-4-7-25(8-5-17)19(26)6-9-27-3/h10-11,13,17H,4-9H2,1-3H3,(H,23,24). The summed E-state index contributed by atoms with van der Waals surface area (Å²) in [6.45, 7) is 6.01. The lowest BCUT2D eigenvalue weighted by atomic mass is 10.0. The fourth-order valence-corrected chi connectivity index (χ4v) is 3.73. The number of likely N-dealkylation sites (tertiary alicyclic amines) is 1. The number of nitriles is 1. The lowest BCUT2D eigenvalue weighted by Crippen LogP contribution is -2.42. The average Bonchev–Trinajstić information content (AvgIpc) is 2.67. The van der Waals surface area contributed by atoms with E-state index in [4.69, 9.17) is 4.74 Å². The minimum atomic E-state index is 0.147. The highest BCUT2D eigenvalue weighted by Crippen LogP contribution is 2.30. The van der Waals surface area contributed by atoms with Crippen LogP contribution in [0, 0.1) is 25.2 Å². The molecule has 1 aliphatic rings. The first-order chi connectivity index (χ1) is 13.0. The summed E-state index contributed by atoms with van der Waals surface area (Å²) in [7, 11) is 1.61. The smallest absolute Gasteiger partial charge is 0.224 e. The van der Waals surface area contributed by atoms with Gasteiger partial charge < -0.3 is 15.0 Å². The number of carbonyl (C=O) groups excluding carboxylic acids is 1. The summed E-state index contributed by atoms with van der Waals surface area (Å²) in [5.74, 6) is 0.147. The van der Waals surface area contributed by atoms with Crippen molar-refractivity contribution < 1.29 is 9.53 Å². The molecule has 0 unspecified atom stereocenters. The molecule has 6 nitrogen and oxygen atoms in total. The molecule has 0 atom stereocenters. The van der Waals surface area contributed by atoms with Gasteiger partial charge in [0.05, 0.1) is 29.8 Å². The number of methoxy groups -OCH3 is 1. The molecular weight excluding hydrogens is 340 g/mol. The number of nitrogens with zero attached hydrogens (tertiary/aromatic N) is 3. The summed E-state index contributed by atoms with van der Waals surface area (Å²) < 4.78 is 4.99. The first-order valence-corrected chi connectivity index (χ1v) is 9.36. The lowest BCUT2D eigenvalue weighted by molar-refractivity contribution is -0.133. The van der Waals surface area contributed by atoms with Crippen molar-refractivity contribution >= 4 is 22.5 Å². The highest BCUT2D eigenvalue weighted by atomic mass is 16.5. The molecular formula is C21H26N4O2. The third kappa shape index (κ3) is 4.20. The van der Waals surface area contributed by atoms with Gasteiger partial charge in [0, 0.05) is 37.8 Å². The number of carbonyl (C=O) groups is 1. The van der Waals surface area contributed by atoms with Gasteiger partial charge in [0.2, 0.25) is 5.91 Å². The SMILES string of the molecule is COCCC(=O)N1CCC(Nc2c(C#N)cnc3c(C)cc(C)cc23)CC1. The molecule has 1 fully saturated rings. The molecule has 1 saturated heterocycles. The molecule has 0 saturated carbocycles. The zero-order valence-electron chi connectivity index (χ0n) is 16.2. The number of aromatic nitrogens is 1. The molecule has 27 heavy (non-hydrogen) atoms. The van der Waals surface area contributed by atoms with E-state index < -0.39 is 0 Å². The Morgan fingerprint density at radius 1 is 1.37 bits per heavy atom. The van der Waals surface area contributed by atoms with Gasteiger partial charge in [0.25, 0.3) is 0 Å². The second-order valence-electron chi connectivity index (χ2n) is 7.18. The van der Waals surface area contributed by atoms with E-state index in [-0.39, 0.29) is 11.9 Å². The molecule has 1 amide bonds. The topological polar surface area (TPSA) is 78.2 Å². The molecule has 1 aromatic carbocycles. The van der Waals surface area contributed by atoms with E-state index in [1.807, 2.05) is 11.8 Å². The van der Waals surface area contributed by atoms with E-state index >= 15 is 0 Å². The van der Waals surface area contributed by atoms with Crippen molar-refractivity contribution in [3.63, 3.8) is 0 Å². The van der Waals surface area contributed by atoms with Crippen molar-refractivity contribution in [3.8, 4) is 6.07 Å². The summed E-state index contributed by atoms with van der Waals surface area (Å²) >= 11 is 0. The predicted octanol–water partition coefficient (Wildman–Crippen LogP) is 3.16. The van der Waals surface area contributed by atoms with Gasteiger partial charge in [-0.05, 0) is 38.3 Å². The summed E-state index contributed by atoms with van der Waals surface area (Å²) in [6.07, 6.45) is 3.80. The van der Waals surface area contributed by atoms with Crippen molar-refractivity contribution in [2.75, 3.05) is 32.1 Å². The Bertz CT molecular complexity index is 880. The summed E-state index contributed by atoms with van der Waals surface area (Å²) in [6, 6.07) is 6.69. The van der Waals surface area contributed by atoms with E-state index in [9.17, 15) is 10.1 Å². The van der Waals surface area contributed by atoms with E-state index in [2.05, 4.69) is 35.4 Å². The Labute approximate surface area is 160 Å². The molecule has 0 spiro atoms. The zero-order valence-corrected chi connectivity index (χ0v) is 16.2. The van der Waals surface area contributed by atoms with Gasteiger partial charge in [-0.25, -0.2) is 0 Å². The Balaban J connectivity index is 1.78. The van der Waals surface area contributed by atoms with Crippen LogP contribution in [0.25, 0.3) is 10.9 Å². The summed E-state index contributed by atoms with van der Waals surface area (Å²) in [5.41, 5.74) is 4.61. The van der Waals surface area contributed by atoms with Gasteiger partial charge in [0.15, 0.2) is 0 Å². The highest BCUT2D eigenvalue weighted by Gasteiger charge is 2.24. The van der Waals surface area contributed by atoms with Crippen LogP contribution < -0.4 is 5.32 Å². The number of ether oxygens (including phenoxy) is 1. The van der Waals surface area contributed by atoms with Crippen molar-refractivity contribution in [1.82, 2.24) is 9.88 Å². The van der Waals surface area contributed by atoms with Crippen LogP contribution in [-0.4, -0.2) is 48.6 Å². The van der Waals surface area contributed by atoms with E-state index in [1.54, 1.807) is 13.3 Å². The van der Waals surface area contributed by atoms with Gasteiger partial charge in [-0.2, -0.15) is 5.26 Å². The molecule has 0 radical (unpaired) electrons. The number of piperidine rings is 1. The fourth-order valence-electron chi connectivity index (χ4n) is 3.73. The number of hydrogen-bond acceptors (Lipinski definition) is 5. The quantitative estimate of drug-likeness (QED) is 0.879. The van der Waals surface area contributed by atoms with Gasteiger partial charge in [-0.1, -0.05) is 11.6 Å². The van der Waals surface area contributed by atoms with Crippen LogP contribution in [0.2, 0.25) is 0 Å². The zero-order chi connectivity index (χ0) is 19.4. The number of aryl methyl sites for hydroxylation is 2. The third-order valence-corrected chi connectivity index (χ3v) is 5.14. The van der Waals surface area contributed by atoms with Gasteiger partial charge >= 0.3 is 0 Å². The number of nitrogens with one attached hydrogen (secondary N) is 1. The Hall–Kier alpha value is -2.65. The Morgan fingerprint density at radius 2 is 2.11 bits per heavy atom. The van der Waals surface area contributed by atoms with Crippen molar-refractivity contribution in [3.05, 3.63) is 35.0 Å². The molecule has 6 heteroatoms. The molecule has 2 aromatic rings. The highest BCUT2D eigenvalue weighted by molar-refractivity contribution is 5.96. The van der Waals surface area contributed by atoms with Crippen molar-refractivity contribution in [1.29, 1.82) is 5.26 Å². The van der Waals surface area contributed by atoms with E-state index in [1.165, 1.54) is 0 Å². The Kier molecular flexibility index (Phi) is 5.92. The molecule has 1 aliphatic heterocycles. The van der Waals surface area contributed by atoms with Crippen molar-refractivity contribution in [2.45, 2.75) is 39.2 Å². The minimum absolute atomic E-state index is 0.147. The normalized spacial score (nSPS) is 15.0. The molecule has 1 aromatic heterocycles. The molecule has 0 bridgehead atoms. The molecule has 2 heterocycles. The van der Waals surface area contributed by atoms with E-state index in [0.29, 0.717) is 18.6 Å². The molecule has 142 valence electrons. The van der Waals surface area contributed by atoms with Gasteiger partial charge in [0.1, 0.15) is 6.07 Å². The first-order valence-electron chi connectivity index (χ1n) is 9.36. The van der Waals surface area contributed by atoms with Crippen LogP contribution >= 0.6 is 0 Å². The predicted molar refractivity (Wildman–Crippen MR) is 106 cm³/mol. The van der Waals surface area contributed by atoms with Crippen LogP contribution in [0.3, 0.4) is 0 Å². The largest absolute Gasteiger partial charge is 0.384 e. The minimum Gasteiger partial charge on any atom is -0.384 e. The lowest BCUT2D eigenvalue weighted by Gasteiger charge is -2.33. The van der Waals surface area contributed by atoms with Gasteiger partial charge in [-0.15, -0.1) is 0 Å². The van der Waals surface area contributed by atoms with Crippen LogP contribution in [0.1, 0.15) is 36.0 Å². The molecule has 1 N–H and O–H groups in total. The number of anilines is 1. The third-order valence-electron chi connectivity index (χ3n) is 5.14. The average molecular weight is 366 g/mol. The number of fused-ring (bicyclic) bond motifs is 1. The number of rotatable bonds is 5. The number of pyridine rings is 1. The molecule has 3 rings (SSSR count). The maximum atomic E-state index is 12.1. The number of benzene rings is 1. The number of hydrogen-bond donors (Lipinski definition) is 1. The van der Waals surface area contributed by atoms with Gasteiger partial charge in [-0.3, -0.25) is 9.78 Å². The second-order valence-corrected chi connectivity index (χ2v) is 7.18. The van der Waals surface area contributed by atoms with Crippen LogP contribution in [0.15, 0.2) is 18.3 Å². The molecule has 0 aliphatic carbocycles. The maximum absolute atomic E-state index is 12.1. The monoisotopic (exact) mass is 366 g/mol. The van der Waals surface area contributed by atoms with Crippen LogP contribution in [0.4, 0.5) is 5.69 Å². The Morgan fingerprint density at radius 3 is 2.78 bits per heavy atom. The fraction of sp³-hybridized carbons (Fsp3) is 0.476. The number of amides is 1. The van der Waals surface area contributed by atoms with Crippen LogP contribution in [-0.2, 0) is 9.53 Å². The van der Waals surface area contributed by atoms with Crippen molar-refractivity contribution in [2.24, 2.45) is 0 Å². The van der Waals surface area contributed by atoms with E-state index in [0.717, 1.165) is 53.6 Å².